The Kier molecular flexibility index (Phi) is 5.87. The van der Waals surface area contributed by atoms with Crippen molar-refractivity contribution < 1.29 is 5.11 Å². The zero-order valence-electron chi connectivity index (χ0n) is 12.0. The van der Waals surface area contributed by atoms with Gasteiger partial charge in [-0.1, -0.05) is 50.1 Å². The third kappa shape index (κ3) is 4.96. The molecule has 1 fully saturated rings. The van der Waals surface area contributed by atoms with Gasteiger partial charge in [0.15, 0.2) is 0 Å². The zero-order valence-corrected chi connectivity index (χ0v) is 12.0. The van der Waals surface area contributed by atoms with Gasteiger partial charge in [-0.3, -0.25) is 0 Å². The minimum absolute atomic E-state index is 0.194. The average Bonchev–Trinajstić information content (AvgIpc) is 2.44. The number of aliphatic hydroxyl groups is 1. The molecule has 1 aromatic rings. The lowest BCUT2D eigenvalue weighted by Crippen LogP contribution is -2.38. The fourth-order valence-electron chi connectivity index (χ4n) is 3.18. The van der Waals surface area contributed by atoms with E-state index in [4.69, 9.17) is 0 Å². The smallest absolute Gasteiger partial charge is 0.0587 e. The molecule has 2 N–H and O–H groups in total. The van der Waals surface area contributed by atoms with Gasteiger partial charge in [0.25, 0.3) is 0 Å². The number of hydrogen-bond donors (Lipinski definition) is 2. The van der Waals surface area contributed by atoms with E-state index in [9.17, 15) is 5.11 Å². The molecule has 2 heteroatoms. The minimum atomic E-state index is 0.194. The molecule has 0 spiro atoms. The van der Waals surface area contributed by atoms with Crippen molar-refractivity contribution in [2.75, 3.05) is 13.2 Å². The normalized spacial score (nSPS) is 25.2. The Morgan fingerprint density at radius 2 is 2.05 bits per heavy atom. The number of nitrogens with one attached hydrogen (secondary N) is 1. The molecular weight excluding hydrogens is 234 g/mol. The maximum atomic E-state index is 9.51. The molecule has 1 aliphatic rings. The van der Waals surface area contributed by atoms with Crippen molar-refractivity contribution in [2.45, 2.75) is 45.1 Å². The maximum absolute atomic E-state index is 9.51. The topological polar surface area (TPSA) is 32.3 Å². The molecule has 0 saturated heterocycles. The van der Waals surface area contributed by atoms with Gasteiger partial charge in [-0.05, 0) is 43.2 Å². The summed E-state index contributed by atoms with van der Waals surface area (Å²) in [4.78, 5) is 0. The van der Waals surface area contributed by atoms with Crippen LogP contribution >= 0.6 is 0 Å². The first-order chi connectivity index (χ1) is 9.28. The highest BCUT2D eigenvalue weighted by molar-refractivity contribution is 5.15. The molecule has 0 radical (unpaired) electrons. The lowest BCUT2D eigenvalue weighted by Gasteiger charge is -2.28. The summed E-state index contributed by atoms with van der Waals surface area (Å²) in [7, 11) is 0. The van der Waals surface area contributed by atoms with Gasteiger partial charge in [-0.2, -0.15) is 0 Å². The zero-order chi connectivity index (χ0) is 13.5. The molecule has 0 amide bonds. The molecule has 3 unspecified atom stereocenters. The van der Waals surface area contributed by atoms with Crippen LogP contribution in [0.15, 0.2) is 30.3 Å². The average molecular weight is 261 g/mol. The molecule has 1 aromatic carbocycles. The van der Waals surface area contributed by atoms with Gasteiger partial charge < -0.3 is 10.4 Å². The molecule has 2 rings (SSSR count). The molecule has 2 nitrogen and oxygen atoms in total. The van der Waals surface area contributed by atoms with E-state index < -0.39 is 0 Å². The monoisotopic (exact) mass is 261 g/mol. The minimum Gasteiger partial charge on any atom is -0.395 e. The van der Waals surface area contributed by atoms with Crippen LogP contribution < -0.4 is 5.32 Å². The second-order valence-electron chi connectivity index (χ2n) is 6.12. The number of hydrogen-bond acceptors (Lipinski definition) is 2. The van der Waals surface area contributed by atoms with Gasteiger partial charge in [0.1, 0.15) is 0 Å². The van der Waals surface area contributed by atoms with E-state index >= 15 is 0 Å². The Bertz CT molecular complexity index is 352. The second kappa shape index (κ2) is 7.66. The van der Waals surface area contributed by atoms with E-state index in [2.05, 4.69) is 36.5 Å². The van der Waals surface area contributed by atoms with Crippen molar-refractivity contribution in [2.24, 2.45) is 11.8 Å². The summed E-state index contributed by atoms with van der Waals surface area (Å²) in [6.45, 7) is 3.64. The highest BCUT2D eigenvalue weighted by Gasteiger charge is 2.19. The Morgan fingerprint density at radius 1 is 1.26 bits per heavy atom. The van der Waals surface area contributed by atoms with Crippen LogP contribution in [0.3, 0.4) is 0 Å². The molecule has 0 heterocycles. The van der Waals surface area contributed by atoms with E-state index in [0.29, 0.717) is 0 Å². The molecule has 1 aliphatic carbocycles. The van der Waals surface area contributed by atoms with Crippen molar-refractivity contribution in [3.8, 4) is 0 Å². The van der Waals surface area contributed by atoms with Crippen molar-refractivity contribution in [3.63, 3.8) is 0 Å². The Labute approximate surface area is 117 Å². The summed E-state index contributed by atoms with van der Waals surface area (Å²) in [5.74, 6) is 1.68. The van der Waals surface area contributed by atoms with E-state index in [1.54, 1.807) is 0 Å². The van der Waals surface area contributed by atoms with Crippen molar-refractivity contribution in [3.05, 3.63) is 35.9 Å². The third-order valence-electron chi connectivity index (χ3n) is 4.29. The lowest BCUT2D eigenvalue weighted by molar-refractivity contribution is 0.218. The fourth-order valence-corrected chi connectivity index (χ4v) is 3.18. The summed E-state index contributed by atoms with van der Waals surface area (Å²) < 4.78 is 0. The Hall–Kier alpha value is -0.860. The molecule has 0 bridgehead atoms. The van der Waals surface area contributed by atoms with Crippen LogP contribution in [0.1, 0.15) is 38.2 Å². The number of rotatable bonds is 6. The highest BCUT2D eigenvalue weighted by Crippen LogP contribution is 2.28. The van der Waals surface area contributed by atoms with Crippen molar-refractivity contribution in [1.29, 1.82) is 0 Å². The Balaban J connectivity index is 1.76. The predicted octanol–water partition coefficient (Wildman–Crippen LogP) is 3.01. The molecule has 3 atom stereocenters. The van der Waals surface area contributed by atoms with E-state index in [1.807, 2.05) is 6.07 Å². The lowest BCUT2D eigenvalue weighted by atomic mass is 9.82. The summed E-state index contributed by atoms with van der Waals surface area (Å²) >= 11 is 0. The summed E-state index contributed by atoms with van der Waals surface area (Å²) in [5.41, 5.74) is 1.30. The molecule has 0 aliphatic heterocycles. The predicted molar refractivity (Wildman–Crippen MR) is 80.1 cm³/mol. The van der Waals surface area contributed by atoms with E-state index in [1.165, 1.54) is 31.2 Å². The quantitative estimate of drug-likeness (QED) is 0.825. The van der Waals surface area contributed by atoms with Crippen LogP contribution in [0.25, 0.3) is 0 Å². The van der Waals surface area contributed by atoms with Gasteiger partial charge >= 0.3 is 0 Å². The molecule has 1 saturated carbocycles. The first-order valence-corrected chi connectivity index (χ1v) is 7.66. The van der Waals surface area contributed by atoms with Crippen molar-refractivity contribution >= 4 is 0 Å². The number of aliphatic hydroxyl groups excluding tert-OH is 1. The van der Waals surface area contributed by atoms with Crippen LogP contribution in [-0.2, 0) is 6.42 Å². The molecule has 106 valence electrons. The molecular formula is C17H27NO. The largest absolute Gasteiger partial charge is 0.395 e. The van der Waals surface area contributed by atoms with Gasteiger partial charge in [-0.25, -0.2) is 0 Å². The summed E-state index contributed by atoms with van der Waals surface area (Å²) in [6.07, 6.45) is 6.37. The standard InChI is InChI=1S/C17H27NO/c1-14-6-5-9-16(10-14)12-18-17(13-19)11-15-7-3-2-4-8-15/h2-4,7-8,14,16-19H,5-6,9-13H2,1H3. The first-order valence-electron chi connectivity index (χ1n) is 7.66. The van der Waals surface area contributed by atoms with Crippen LogP contribution in [0.5, 0.6) is 0 Å². The molecule has 0 aromatic heterocycles. The van der Waals surface area contributed by atoms with Crippen LogP contribution in [0.2, 0.25) is 0 Å². The Morgan fingerprint density at radius 3 is 2.74 bits per heavy atom. The third-order valence-corrected chi connectivity index (χ3v) is 4.29. The van der Waals surface area contributed by atoms with Gasteiger partial charge in [0.05, 0.1) is 6.61 Å². The summed E-state index contributed by atoms with van der Waals surface area (Å²) in [6, 6.07) is 10.6. The van der Waals surface area contributed by atoms with E-state index in [0.717, 1.165) is 24.8 Å². The van der Waals surface area contributed by atoms with Crippen LogP contribution in [0, 0.1) is 11.8 Å². The van der Waals surface area contributed by atoms with Crippen LogP contribution in [0.4, 0.5) is 0 Å². The maximum Gasteiger partial charge on any atom is 0.0587 e. The fraction of sp³-hybridized carbons (Fsp3) is 0.647. The van der Waals surface area contributed by atoms with Gasteiger partial charge in [0, 0.05) is 6.04 Å². The van der Waals surface area contributed by atoms with Crippen LogP contribution in [-0.4, -0.2) is 24.3 Å². The number of benzene rings is 1. The first kappa shape index (κ1) is 14.5. The molecule has 19 heavy (non-hydrogen) atoms. The SMILES string of the molecule is CC1CCCC(CNC(CO)Cc2ccccc2)C1. The summed E-state index contributed by atoms with van der Waals surface area (Å²) in [5, 5.41) is 13.1. The van der Waals surface area contributed by atoms with Gasteiger partial charge in [0.2, 0.25) is 0 Å². The highest BCUT2D eigenvalue weighted by atomic mass is 16.3. The van der Waals surface area contributed by atoms with Crippen molar-refractivity contribution in [1.82, 2.24) is 5.32 Å². The van der Waals surface area contributed by atoms with E-state index in [-0.39, 0.29) is 12.6 Å². The van der Waals surface area contributed by atoms with Gasteiger partial charge in [-0.15, -0.1) is 0 Å². The second-order valence-corrected chi connectivity index (χ2v) is 6.12.